The Morgan fingerprint density at radius 3 is 2.90 bits per heavy atom. The molecule has 2 rings (SSSR count). The van der Waals surface area contributed by atoms with Crippen LogP contribution >= 0.6 is 11.3 Å². The number of rotatable bonds is 7. The van der Waals surface area contributed by atoms with Crippen LogP contribution in [0.25, 0.3) is 0 Å². The van der Waals surface area contributed by atoms with Crippen molar-refractivity contribution in [3.8, 4) is 5.75 Å². The van der Waals surface area contributed by atoms with E-state index < -0.39 is 0 Å². The van der Waals surface area contributed by atoms with Gasteiger partial charge in [0.2, 0.25) is 0 Å². The SMILES string of the molecule is CCC(N)Cc1cc(F)cc(OCCc2cccs2)c1. The average Bonchev–Trinajstić information content (AvgIpc) is 2.91. The minimum absolute atomic E-state index is 0.0655. The van der Waals surface area contributed by atoms with E-state index in [1.165, 1.54) is 17.0 Å². The van der Waals surface area contributed by atoms with E-state index in [1.54, 1.807) is 11.3 Å². The van der Waals surface area contributed by atoms with Gasteiger partial charge in [0, 0.05) is 23.4 Å². The van der Waals surface area contributed by atoms with Gasteiger partial charge in [-0.1, -0.05) is 13.0 Å². The van der Waals surface area contributed by atoms with Gasteiger partial charge in [0.1, 0.15) is 11.6 Å². The molecule has 0 saturated carbocycles. The van der Waals surface area contributed by atoms with Crippen molar-refractivity contribution in [3.63, 3.8) is 0 Å². The smallest absolute Gasteiger partial charge is 0.127 e. The van der Waals surface area contributed by atoms with E-state index in [0.29, 0.717) is 18.8 Å². The van der Waals surface area contributed by atoms with E-state index in [-0.39, 0.29) is 11.9 Å². The summed E-state index contributed by atoms with van der Waals surface area (Å²) >= 11 is 1.71. The van der Waals surface area contributed by atoms with Crippen LogP contribution in [0.1, 0.15) is 23.8 Å². The molecule has 0 spiro atoms. The highest BCUT2D eigenvalue weighted by Crippen LogP contribution is 2.19. The Morgan fingerprint density at radius 2 is 2.20 bits per heavy atom. The molecule has 1 unspecified atom stereocenters. The highest BCUT2D eigenvalue weighted by atomic mass is 32.1. The molecule has 4 heteroatoms. The molecule has 0 saturated heterocycles. The van der Waals surface area contributed by atoms with Crippen LogP contribution in [0, 0.1) is 5.82 Å². The minimum Gasteiger partial charge on any atom is -0.493 e. The molecular weight excluding hydrogens is 273 g/mol. The lowest BCUT2D eigenvalue weighted by Gasteiger charge is -2.11. The van der Waals surface area contributed by atoms with E-state index in [9.17, 15) is 4.39 Å². The summed E-state index contributed by atoms with van der Waals surface area (Å²) in [5, 5.41) is 2.04. The van der Waals surface area contributed by atoms with Crippen molar-refractivity contribution in [2.75, 3.05) is 6.61 Å². The fourth-order valence-electron chi connectivity index (χ4n) is 1.99. The van der Waals surface area contributed by atoms with Crippen molar-refractivity contribution in [2.24, 2.45) is 5.73 Å². The van der Waals surface area contributed by atoms with Gasteiger partial charge in [-0.2, -0.15) is 0 Å². The second-order valence-electron chi connectivity index (χ2n) is 4.85. The van der Waals surface area contributed by atoms with Crippen LogP contribution in [0.3, 0.4) is 0 Å². The highest BCUT2D eigenvalue weighted by molar-refractivity contribution is 7.09. The van der Waals surface area contributed by atoms with Crippen molar-refractivity contribution in [2.45, 2.75) is 32.2 Å². The number of hydrogen-bond donors (Lipinski definition) is 1. The van der Waals surface area contributed by atoms with Gasteiger partial charge >= 0.3 is 0 Å². The lowest BCUT2D eigenvalue weighted by atomic mass is 10.0. The Labute approximate surface area is 123 Å². The van der Waals surface area contributed by atoms with Gasteiger partial charge < -0.3 is 10.5 Å². The van der Waals surface area contributed by atoms with E-state index in [1.807, 2.05) is 24.4 Å². The Kier molecular flexibility index (Phi) is 5.56. The van der Waals surface area contributed by atoms with Gasteiger partial charge in [-0.3, -0.25) is 0 Å². The molecule has 0 aliphatic heterocycles. The van der Waals surface area contributed by atoms with Crippen molar-refractivity contribution < 1.29 is 9.13 Å². The zero-order chi connectivity index (χ0) is 14.4. The van der Waals surface area contributed by atoms with Crippen molar-refractivity contribution >= 4 is 11.3 Å². The molecule has 0 aliphatic rings. The Hall–Kier alpha value is -1.39. The number of nitrogens with two attached hydrogens (primary N) is 1. The maximum atomic E-state index is 13.6. The molecule has 20 heavy (non-hydrogen) atoms. The summed E-state index contributed by atoms with van der Waals surface area (Å²) in [5.41, 5.74) is 6.80. The fraction of sp³-hybridized carbons (Fsp3) is 0.375. The van der Waals surface area contributed by atoms with Gasteiger partial charge in [-0.15, -0.1) is 11.3 Å². The molecule has 2 N–H and O–H groups in total. The first kappa shape index (κ1) is 15.0. The molecule has 0 radical (unpaired) electrons. The van der Waals surface area contributed by atoms with E-state index >= 15 is 0 Å². The predicted octanol–water partition coefficient (Wildman–Crippen LogP) is 3.79. The summed E-state index contributed by atoms with van der Waals surface area (Å²) in [7, 11) is 0. The largest absolute Gasteiger partial charge is 0.493 e. The van der Waals surface area contributed by atoms with Crippen LogP contribution in [-0.4, -0.2) is 12.6 Å². The minimum atomic E-state index is -0.267. The monoisotopic (exact) mass is 293 g/mol. The third-order valence-electron chi connectivity index (χ3n) is 3.15. The first-order valence-corrected chi connectivity index (χ1v) is 7.75. The van der Waals surface area contributed by atoms with Crippen LogP contribution in [0.2, 0.25) is 0 Å². The highest BCUT2D eigenvalue weighted by Gasteiger charge is 2.06. The van der Waals surface area contributed by atoms with Crippen molar-refractivity contribution in [1.82, 2.24) is 0 Å². The lowest BCUT2D eigenvalue weighted by molar-refractivity contribution is 0.321. The third-order valence-corrected chi connectivity index (χ3v) is 4.09. The molecule has 2 nitrogen and oxygen atoms in total. The fourth-order valence-corrected chi connectivity index (χ4v) is 2.68. The van der Waals surface area contributed by atoms with E-state index in [2.05, 4.69) is 6.07 Å². The standard InChI is InChI=1S/C16H20FNOS/c1-2-14(18)9-12-8-13(17)11-15(10-12)19-6-5-16-4-3-7-20-16/h3-4,7-8,10-11,14H,2,5-6,9,18H2,1H3. The van der Waals surface area contributed by atoms with Crippen LogP contribution in [0.4, 0.5) is 4.39 Å². The zero-order valence-corrected chi connectivity index (χ0v) is 12.5. The lowest BCUT2D eigenvalue weighted by Crippen LogP contribution is -2.21. The van der Waals surface area contributed by atoms with Gasteiger partial charge in [-0.25, -0.2) is 4.39 Å². The summed E-state index contributed by atoms with van der Waals surface area (Å²) in [4.78, 5) is 1.27. The maximum absolute atomic E-state index is 13.6. The molecule has 1 aromatic heterocycles. The van der Waals surface area contributed by atoms with Crippen molar-refractivity contribution in [3.05, 3.63) is 52.0 Å². The number of hydrogen-bond acceptors (Lipinski definition) is 3. The molecule has 0 amide bonds. The Bertz CT molecular complexity index is 527. The molecule has 108 valence electrons. The summed E-state index contributed by atoms with van der Waals surface area (Å²) in [5.74, 6) is 0.316. The normalized spacial score (nSPS) is 12.3. The summed E-state index contributed by atoms with van der Waals surface area (Å²) < 4.78 is 19.2. The summed E-state index contributed by atoms with van der Waals surface area (Å²) in [6, 6.07) is 9.00. The summed E-state index contributed by atoms with van der Waals surface area (Å²) in [6.45, 7) is 2.59. The number of benzene rings is 1. The summed E-state index contributed by atoms with van der Waals surface area (Å²) in [6.07, 6.45) is 2.40. The van der Waals surface area contributed by atoms with Gasteiger partial charge in [0.25, 0.3) is 0 Å². The molecule has 1 aromatic carbocycles. The molecule has 0 fully saturated rings. The predicted molar refractivity (Wildman–Crippen MR) is 81.9 cm³/mol. The van der Waals surface area contributed by atoms with E-state index in [4.69, 9.17) is 10.5 Å². The molecular formula is C16H20FNOS. The molecule has 1 heterocycles. The first-order valence-electron chi connectivity index (χ1n) is 6.87. The number of thiophene rings is 1. The molecule has 0 bridgehead atoms. The topological polar surface area (TPSA) is 35.2 Å². The number of halogens is 1. The second-order valence-corrected chi connectivity index (χ2v) is 5.88. The van der Waals surface area contributed by atoms with Crippen LogP contribution < -0.4 is 10.5 Å². The van der Waals surface area contributed by atoms with Gasteiger partial charge in [0.05, 0.1) is 6.61 Å². The molecule has 1 atom stereocenters. The van der Waals surface area contributed by atoms with Crippen LogP contribution in [0.15, 0.2) is 35.7 Å². The first-order chi connectivity index (χ1) is 9.67. The van der Waals surface area contributed by atoms with Crippen molar-refractivity contribution in [1.29, 1.82) is 0 Å². The van der Waals surface area contributed by atoms with Crippen LogP contribution in [-0.2, 0) is 12.8 Å². The molecule has 2 aromatic rings. The Morgan fingerprint density at radius 1 is 1.35 bits per heavy atom. The van der Waals surface area contributed by atoms with E-state index in [0.717, 1.165) is 18.4 Å². The van der Waals surface area contributed by atoms with Gasteiger partial charge in [-0.05, 0) is 42.0 Å². The van der Waals surface area contributed by atoms with Gasteiger partial charge in [0.15, 0.2) is 0 Å². The van der Waals surface area contributed by atoms with Crippen LogP contribution in [0.5, 0.6) is 5.75 Å². The quantitative estimate of drug-likeness (QED) is 0.843. The average molecular weight is 293 g/mol. The number of ether oxygens (including phenoxy) is 1. The zero-order valence-electron chi connectivity index (χ0n) is 11.6. The third kappa shape index (κ3) is 4.62. The maximum Gasteiger partial charge on any atom is 0.127 e. The Balaban J connectivity index is 1.93. The second kappa shape index (κ2) is 7.41. The molecule has 0 aliphatic carbocycles.